The lowest BCUT2D eigenvalue weighted by molar-refractivity contribution is 0.111. The third-order valence-electron chi connectivity index (χ3n) is 4.49. The summed E-state index contributed by atoms with van der Waals surface area (Å²) >= 11 is 0. The van der Waals surface area contributed by atoms with Gasteiger partial charge in [0.2, 0.25) is 5.95 Å². The molecule has 2 aromatic rings. The van der Waals surface area contributed by atoms with Crippen molar-refractivity contribution in [2.24, 2.45) is 4.99 Å². The number of anilines is 1. The molecule has 0 spiro atoms. The van der Waals surface area contributed by atoms with Crippen molar-refractivity contribution in [2.45, 2.75) is 6.92 Å². The molecule has 3 rings (SSSR count). The molecular weight excluding hydrogens is 356 g/mol. The molecular formula is C21H24N4O3. The van der Waals surface area contributed by atoms with E-state index in [-0.39, 0.29) is 5.69 Å². The zero-order valence-corrected chi connectivity index (χ0v) is 16.4. The Bertz CT molecular complexity index is 903. The number of ether oxygens (including phenoxy) is 2. The summed E-state index contributed by atoms with van der Waals surface area (Å²) in [5.41, 5.74) is 3.47. The largest absolute Gasteiger partial charge is 0.492 e. The maximum atomic E-state index is 11.7. The normalized spacial score (nSPS) is 15.1. The first-order chi connectivity index (χ1) is 13.7. The summed E-state index contributed by atoms with van der Waals surface area (Å²) in [4.78, 5) is 27.2. The van der Waals surface area contributed by atoms with Gasteiger partial charge in [-0.05, 0) is 19.1 Å². The van der Waals surface area contributed by atoms with E-state index in [0.717, 1.165) is 16.8 Å². The zero-order chi connectivity index (χ0) is 19.9. The topological polar surface area (TPSA) is 76.9 Å². The minimum absolute atomic E-state index is 0.234. The van der Waals surface area contributed by atoms with Crippen molar-refractivity contribution in [3.63, 3.8) is 0 Å². The predicted molar refractivity (Wildman–Crippen MR) is 110 cm³/mol. The Labute approximate surface area is 164 Å². The zero-order valence-electron chi connectivity index (χ0n) is 16.4. The average Bonchev–Trinajstić information content (AvgIpc) is 2.77. The van der Waals surface area contributed by atoms with Crippen molar-refractivity contribution in [1.82, 2.24) is 9.97 Å². The molecule has 0 radical (unpaired) electrons. The van der Waals surface area contributed by atoms with Crippen LogP contribution >= 0.6 is 0 Å². The van der Waals surface area contributed by atoms with Crippen LogP contribution in [0.4, 0.5) is 5.95 Å². The van der Waals surface area contributed by atoms with E-state index in [0.29, 0.717) is 50.0 Å². The van der Waals surface area contributed by atoms with E-state index >= 15 is 0 Å². The number of aliphatic imine (C=N–C) groups is 1. The first-order valence-electron chi connectivity index (χ1n) is 9.16. The second kappa shape index (κ2) is 9.23. The molecule has 0 bridgehead atoms. The lowest BCUT2D eigenvalue weighted by atomic mass is 10.0. The fraction of sp³-hybridized carbons (Fsp3) is 0.333. The molecule has 1 aliphatic rings. The molecule has 1 saturated heterocycles. The van der Waals surface area contributed by atoms with Gasteiger partial charge in [-0.1, -0.05) is 24.3 Å². The highest BCUT2D eigenvalue weighted by Gasteiger charge is 2.21. The Hall–Kier alpha value is -3.06. The molecule has 28 heavy (non-hydrogen) atoms. The van der Waals surface area contributed by atoms with Crippen LogP contribution in [0.1, 0.15) is 23.0 Å². The minimum atomic E-state index is 0.234. The average molecular weight is 380 g/mol. The van der Waals surface area contributed by atoms with Gasteiger partial charge in [-0.15, -0.1) is 0 Å². The summed E-state index contributed by atoms with van der Waals surface area (Å²) in [6.45, 7) is 4.52. The van der Waals surface area contributed by atoms with Crippen LogP contribution in [0.3, 0.4) is 0 Å². The number of methoxy groups -OCH3 is 1. The highest BCUT2D eigenvalue weighted by atomic mass is 16.5. The van der Waals surface area contributed by atoms with Crippen LogP contribution in [0.25, 0.3) is 11.3 Å². The molecule has 146 valence electrons. The van der Waals surface area contributed by atoms with Gasteiger partial charge in [-0.2, -0.15) is 0 Å². The van der Waals surface area contributed by atoms with Crippen molar-refractivity contribution >= 4 is 17.9 Å². The Morgan fingerprint density at radius 1 is 1.29 bits per heavy atom. The molecule has 1 fully saturated rings. The number of hydrogen-bond donors (Lipinski definition) is 0. The number of nitrogens with zero attached hydrogens (tertiary/aromatic N) is 4. The smallest absolute Gasteiger partial charge is 0.226 e. The molecule has 1 aromatic heterocycles. The molecule has 2 heterocycles. The fourth-order valence-corrected chi connectivity index (χ4v) is 3.12. The third-order valence-corrected chi connectivity index (χ3v) is 4.49. The molecule has 0 aliphatic carbocycles. The summed E-state index contributed by atoms with van der Waals surface area (Å²) in [5.74, 6) is 0.870. The maximum absolute atomic E-state index is 11.7. The van der Waals surface area contributed by atoms with Crippen LogP contribution in [-0.2, 0) is 4.74 Å². The van der Waals surface area contributed by atoms with Gasteiger partial charge < -0.3 is 14.4 Å². The summed E-state index contributed by atoms with van der Waals surface area (Å²) in [5, 5.41) is 0. The second-order valence-corrected chi connectivity index (χ2v) is 6.20. The summed E-state index contributed by atoms with van der Waals surface area (Å²) < 4.78 is 10.9. The van der Waals surface area contributed by atoms with E-state index in [4.69, 9.17) is 14.5 Å². The number of carbonyl (C=O) groups is 1. The van der Waals surface area contributed by atoms with Gasteiger partial charge >= 0.3 is 0 Å². The van der Waals surface area contributed by atoms with Crippen LogP contribution in [0.5, 0.6) is 5.75 Å². The lowest BCUT2D eigenvalue weighted by Crippen LogP contribution is -2.37. The number of morpholine rings is 1. The first-order valence-corrected chi connectivity index (χ1v) is 9.16. The molecule has 0 amide bonds. The van der Waals surface area contributed by atoms with Gasteiger partial charge in [0.25, 0.3) is 0 Å². The van der Waals surface area contributed by atoms with Crippen LogP contribution < -0.4 is 9.64 Å². The van der Waals surface area contributed by atoms with Gasteiger partial charge in [0.15, 0.2) is 17.7 Å². The second-order valence-electron chi connectivity index (χ2n) is 6.20. The summed E-state index contributed by atoms with van der Waals surface area (Å²) in [6.07, 6.45) is 4.60. The predicted octanol–water partition coefficient (Wildman–Crippen LogP) is 2.80. The quantitative estimate of drug-likeness (QED) is 0.567. The van der Waals surface area contributed by atoms with Crippen LogP contribution in [-0.4, -0.2) is 62.4 Å². The standard InChI is InChI=1S/C21H24N4O3/c1-4-6-17(22-2)15-7-5-8-16(13-15)19-20(27-3)18(14-26)23-21(24-19)25-9-11-28-12-10-25/h4-8,13-14H,9-12H2,1-3H3/b6-4-,22-17?. The molecule has 0 saturated carbocycles. The number of carbonyl (C=O) groups excluding carboxylic acids is 1. The molecule has 0 unspecified atom stereocenters. The van der Waals surface area contributed by atoms with E-state index in [9.17, 15) is 4.79 Å². The molecule has 7 heteroatoms. The highest BCUT2D eigenvalue weighted by Crippen LogP contribution is 2.32. The van der Waals surface area contributed by atoms with E-state index < -0.39 is 0 Å². The van der Waals surface area contributed by atoms with Gasteiger partial charge in [-0.25, -0.2) is 9.97 Å². The summed E-state index contributed by atoms with van der Waals surface area (Å²) in [7, 11) is 3.28. The van der Waals surface area contributed by atoms with E-state index in [1.807, 2.05) is 48.2 Å². The number of allylic oxidation sites excluding steroid dienone is 2. The van der Waals surface area contributed by atoms with E-state index in [1.165, 1.54) is 7.11 Å². The molecule has 7 nitrogen and oxygen atoms in total. The molecule has 1 aromatic carbocycles. The van der Waals surface area contributed by atoms with Crippen molar-refractivity contribution in [2.75, 3.05) is 45.4 Å². The first kappa shape index (κ1) is 19.7. The van der Waals surface area contributed by atoms with E-state index in [2.05, 4.69) is 9.98 Å². The minimum Gasteiger partial charge on any atom is -0.492 e. The van der Waals surface area contributed by atoms with Crippen molar-refractivity contribution in [3.05, 3.63) is 47.7 Å². The number of hydrogen-bond acceptors (Lipinski definition) is 7. The Kier molecular flexibility index (Phi) is 6.49. The van der Waals surface area contributed by atoms with Gasteiger partial charge in [0.05, 0.1) is 26.0 Å². The molecule has 0 N–H and O–H groups in total. The van der Waals surface area contributed by atoms with Crippen LogP contribution in [0.2, 0.25) is 0 Å². The highest BCUT2D eigenvalue weighted by molar-refractivity contribution is 6.09. The number of benzene rings is 1. The fourth-order valence-electron chi connectivity index (χ4n) is 3.12. The number of rotatable bonds is 6. The molecule has 0 atom stereocenters. The number of aromatic nitrogens is 2. The van der Waals surface area contributed by atoms with Gasteiger partial charge in [0, 0.05) is 31.3 Å². The summed E-state index contributed by atoms with van der Waals surface area (Å²) in [6, 6.07) is 7.86. The van der Waals surface area contributed by atoms with Crippen LogP contribution in [0.15, 0.2) is 41.4 Å². The van der Waals surface area contributed by atoms with Gasteiger partial charge in [-0.3, -0.25) is 9.79 Å². The van der Waals surface area contributed by atoms with Crippen LogP contribution in [0, 0.1) is 0 Å². The monoisotopic (exact) mass is 380 g/mol. The SMILES string of the molecule is C/C=C\C(=NC)c1cccc(-c2nc(N3CCOCC3)nc(C=O)c2OC)c1. The van der Waals surface area contributed by atoms with Gasteiger partial charge in [0.1, 0.15) is 5.69 Å². The third kappa shape index (κ3) is 4.09. The van der Waals surface area contributed by atoms with E-state index in [1.54, 1.807) is 7.05 Å². The lowest BCUT2D eigenvalue weighted by Gasteiger charge is -2.27. The van der Waals surface area contributed by atoms with Crippen molar-refractivity contribution in [3.8, 4) is 17.0 Å². The Morgan fingerprint density at radius 2 is 2.07 bits per heavy atom. The maximum Gasteiger partial charge on any atom is 0.226 e. The Morgan fingerprint density at radius 3 is 2.71 bits per heavy atom. The van der Waals surface area contributed by atoms with Crippen molar-refractivity contribution < 1.29 is 14.3 Å². The number of aldehydes is 1. The Balaban J connectivity index is 2.13. The molecule has 1 aliphatic heterocycles. The van der Waals surface area contributed by atoms with Crippen molar-refractivity contribution in [1.29, 1.82) is 0 Å².